The number of aromatic nitrogens is 1. The molecule has 0 fully saturated rings. The number of pyridine rings is 1. The molecule has 148 valence electrons. The Bertz CT molecular complexity index is 960. The number of hydrogen-bond donors (Lipinski definition) is 2. The van der Waals surface area contributed by atoms with Crippen molar-refractivity contribution in [1.82, 2.24) is 9.88 Å². The molecule has 1 amide bonds. The zero-order chi connectivity index (χ0) is 20.6. The first-order chi connectivity index (χ1) is 13.1. The minimum atomic E-state index is -4.53. The van der Waals surface area contributed by atoms with Gasteiger partial charge in [0.25, 0.3) is 0 Å². The topological polar surface area (TPSA) is 73.7 Å². The van der Waals surface area contributed by atoms with Gasteiger partial charge in [0, 0.05) is 25.4 Å². The summed E-state index contributed by atoms with van der Waals surface area (Å²) in [4.78, 5) is 17.2. The van der Waals surface area contributed by atoms with Crippen molar-refractivity contribution < 1.29 is 28.2 Å². The fourth-order valence-corrected chi connectivity index (χ4v) is 3.39. The maximum absolute atomic E-state index is 12.5. The first-order valence-electron chi connectivity index (χ1n) is 8.00. The molecule has 2 heterocycles. The SMILES string of the molecule is O=C(C=Cc1ccc(C(F)(F)F)nc1)N1CCc2c(Cl)c(O)c(O)c(Cl)c2C1. The lowest BCUT2D eigenvalue weighted by Crippen LogP contribution is -2.35. The van der Waals surface area contributed by atoms with E-state index in [0.717, 1.165) is 12.3 Å². The second-order valence-corrected chi connectivity index (χ2v) is 6.86. The molecule has 0 unspecified atom stereocenters. The van der Waals surface area contributed by atoms with Gasteiger partial charge < -0.3 is 15.1 Å². The normalized spacial score (nSPS) is 14.4. The molecule has 0 saturated heterocycles. The molecule has 28 heavy (non-hydrogen) atoms. The van der Waals surface area contributed by atoms with Crippen LogP contribution in [0.2, 0.25) is 10.0 Å². The van der Waals surface area contributed by atoms with Gasteiger partial charge in [-0.25, -0.2) is 0 Å². The highest BCUT2D eigenvalue weighted by atomic mass is 35.5. The Hall–Kier alpha value is -2.45. The number of halogens is 5. The van der Waals surface area contributed by atoms with Crippen molar-refractivity contribution in [2.24, 2.45) is 0 Å². The number of phenols is 2. The summed E-state index contributed by atoms with van der Waals surface area (Å²) in [6.45, 7) is 0.359. The Morgan fingerprint density at radius 1 is 1.14 bits per heavy atom. The lowest BCUT2D eigenvalue weighted by molar-refractivity contribution is -0.141. The molecular weight excluding hydrogens is 420 g/mol. The van der Waals surface area contributed by atoms with Gasteiger partial charge in [0.15, 0.2) is 11.5 Å². The fraction of sp³-hybridized carbons (Fsp3) is 0.222. The van der Waals surface area contributed by atoms with Gasteiger partial charge in [-0.1, -0.05) is 29.3 Å². The molecule has 1 aromatic carbocycles. The monoisotopic (exact) mass is 432 g/mol. The van der Waals surface area contributed by atoms with Crippen molar-refractivity contribution in [3.63, 3.8) is 0 Å². The molecule has 1 aromatic heterocycles. The molecule has 0 bridgehead atoms. The number of hydrogen-bond acceptors (Lipinski definition) is 4. The van der Waals surface area contributed by atoms with E-state index in [0.29, 0.717) is 29.7 Å². The van der Waals surface area contributed by atoms with E-state index in [9.17, 15) is 28.2 Å². The highest BCUT2D eigenvalue weighted by Crippen LogP contribution is 2.46. The maximum Gasteiger partial charge on any atom is 0.433 e. The number of fused-ring (bicyclic) bond motifs is 1. The highest BCUT2D eigenvalue weighted by molar-refractivity contribution is 6.36. The molecule has 1 aliphatic heterocycles. The van der Waals surface area contributed by atoms with Crippen LogP contribution in [0.3, 0.4) is 0 Å². The molecule has 1 aliphatic rings. The quantitative estimate of drug-likeness (QED) is 0.544. The van der Waals surface area contributed by atoms with Gasteiger partial charge in [-0.15, -0.1) is 0 Å². The molecule has 2 N–H and O–H groups in total. The average molecular weight is 433 g/mol. The summed E-state index contributed by atoms with van der Waals surface area (Å²) in [6, 6.07) is 2.04. The van der Waals surface area contributed by atoms with Crippen molar-refractivity contribution >= 4 is 35.2 Å². The van der Waals surface area contributed by atoms with E-state index in [-0.39, 0.29) is 16.6 Å². The summed E-state index contributed by atoms with van der Waals surface area (Å²) < 4.78 is 37.6. The van der Waals surface area contributed by atoms with E-state index in [1.165, 1.54) is 23.1 Å². The fourth-order valence-electron chi connectivity index (χ4n) is 2.83. The Kier molecular flexibility index (Phi) is 5.45. The summed E-state index contributed by atoms with van der Waals surface area (Å²) >= 11 is 12.1. The van der Waals surface area contributed by atoms with Crippen LogP contribution in [0.5, 0.6) is 11.5 Å². The van der Waals surface area contributed by atoms with Gasteiger partial charge >= 0.3 is 6.18 Å². The van der Waals surface area contributed by atoms with Crippen LogP contribution in [0.25, 0.3) is 6.08 Å². The van der Waals surface area contributed by atoms with Gasteiger partial charge in [0.05, 0.1) is 10.0 Å². The van der Waals surface area contributed by atoms with Crippen LogP contribution in [-0.2, 0) is 23.9 Å². The van der Waals surface area contributed by atoms with E-state index < -0.39 is 29.3 Å². The number of aromatic hydroxyl groups is 2. The first kappa shape index (κ1) is 20.3. The molecule has 3 rings (SSSR count). The smallest absolute Gasteiger partial charge is 0.433 e. The van der Waals surface area contributed by atoms with Crippen LogP contribution >= 0.6 is 23.2 Å². The van der Waals surface area contributed by atoms with E-state index in [1.54, 1.807) is 0 Å². The molecule has 0 saturated carbocycles. The van der Waals surface area contributed by atoms with Crippen LogP contribution in [0.15, 0.2) is 24.4 Å². The third-order valence-corrected chi connectivity index (χ3v) is 5.14. The average Bonchev–Trinajstić information content (AvgIpc) is 2.68. The van der Waals surface area contributed by atoms with Gasteiger partial charge in [0.1, 0.15) is 5.69 Å². The Balaban J connectivity index is 1.76. The molecule has 0 atom stereocenters. The molecule has 0 aliphatic carbocycles. The third-order valence-electron chi connectivity index (χ3n) is 4.32. The molecule has 0 spiro atoms. The standard InChI is InChI=1S/C18H13Cl2F3N2O3/c19-14-10-5-6-25(8-11(10)15(20)17(28)16(14)27)13(26)4-2-9-1-3-12(24-7-9)18(21,22)23/h1-4,7,27-28H,5-6,8H2. The van der Waals surface area contributed by atoms with E-state index in [1.807, 2.05) is 0 Å². The van der Waals surface area contributed by atoms with E-state index in [2.05, 4.69) is 4.98 Å². The zero-order valence-corrected chi connectivity index (χ0v) is 15.6. The number of rotatable bonds is 2. The first-order valence-corrected chi connectivity index (χ1v) is 8.76. The van der Waals surface area contributed by atoms with Crippen LogP contribution in [0.4, 0.5) is 13.2 Å². The predicted octanol–water partition coefficient (Wildman–Crippen LogP) is 4.42. The third kappa shape index (κ3) is 3.88. The number of nitrogens with zero attached hydrogens (tertiary/aromatic N) is 2. The number of phenolic OH excluding ortho intramolecular Hbond substituents is 2. The van der Waals surface area contributed by atoms with E-state index >= 15 is 0 Å². The second-order valence-electron chi connectivity index (χ2n) is 6.10. The molecule has 2 aromatic rings. The predicted molar refractivity (Wildman–Crippen MR) is 97.2 cm³/mol. The van der Waals surface area contributed by atoms with Crippen molar-refractivity contribution in [3.05, 3.63) is 56.8 Å². The minimum absolute atomic E-state index is 0.00429. The van der Waals surface area contributed by atoms with Crippen LogP contribution < -0.4 is 0 Å². The summed E-state index contributed by atoms with van der Waals surface area (Å²) in [7, 11) is 0. The lowest BCUT2D eigenvalue weighted by Gasteiger charge is -2.30. The number of carbonyl (C=O) groups excluding carboxylic acids is 1. The van der Waals surface area contributed by atoms with E-state index in [4.69, 9.17) is 23.2 Å². The highest BCUT2D eigenvalue weighted by Gasteiger charge is 2.32. The van der Waals surface area contributed by atoms with Gasteiger partial charge in [-0.3, -0.25) is 9.78 Å². The maximum atomic E-state index is 12.5. The van der Waals surface area contributed by atoms with Gasteiger partial charge in [-0.05, 0) is 35.3 Å². The van der Waals surface area contributed by atoms with Crippen LogP contribution in [0.1, 0.15) is 22.4 Å². The Labute approximate surface area is 167 Å². The molecule has 0 radical (unpaired) electrons. The number of amides is 1. The van der Waals surface area contributed by atoms with Crippen molar-refractivity contribution in [2.45, 2.75) is 19.1 Å². The molecule has 10 heteroatoms. The Morgan fingerprint density at radius 2 is 1.79 bits per heavy atom. The summed E-state index contributed by atoms with van der Waals surface area (Å²) in [5.74, 6) is -1.45. The summed E-state index contributed by atoms with van der Waals surface area (Å²) in [5, 5.41) is 19.5. The van der Waals surface area contributed by atoms with Crippen LogP contribution in [-0.4, -0.2) is 32.5 Å². The van der Waals surface area contributed by atoms with Crippen molar-refractivity contribution in [3.8, 4) is 11.5 Å². The largest absolute Gasteiger partial charge is 0.503 e. The minimum Gasteiger partial charge on any atom is -0.503 e. The van der Waals surface area contributed by atoms with Gasteiger partial charge in [0.2, 0.25) is 5.91 Å². The summed E-state index contributed by atoms with van der Waals surface area (Å²) in [5.41, 5.74) is 0.314. The number of benzene rings is 1. The van der Waals surface area contributed by atoms with Crippen LogP contribution in [0, 0.1) is 0 Å². The molecular formula is C18H13Cl2F3N2O3. The van der Waals surface area contributed by atoms with Gasteiger partial charge in [-0.2, -0.15) is 13.2 Å². The summed E-state index contributed by atoms with van der Waals surface area (Å²) in [6.07, 6.45) is -0.614. The lowest BCUT2D eigenvalue weighted by atomic mass is 9.98. The molecule has 5 nitrogen and oxygen atoms in total. The van der Waals surface area contributed by atoms with Crippen molar-refractivity contribution in [1.29, 1.82) is 0 Å². The Morgan fingerprint density at radius 3 is 2.36 bits per heavy atom. The number of alkyl halides is 3. The van der Waals surface area contributed by atoms with Crippen molar-refractivity contribution in [2.75, 3.05) is 6.54 Å². The number of carbonyl (C=O) groups is 1. The second kappa shape index (κ2) is 7.52. The zero-order valence-electron chi connectivity index (χ0n) is 14.1.